The molecule has 1 aromatic rings. The molecule has 2 N–H and O–H groups in total. The minimum Gasteiger partial charge on any atom is -0.508 e. The molecule has 10 nitrogen and oxygen atoms in total. The number of hydrogen-bond acceptors (Lipinski definition) is 7. The van der Waals surface area contributed by atoms with Crippen molar-refractivity contribution in [2.24, 2.45) is 5.92 Å². The van der Waals surface area contributed by atoms with E-state index >= 15 is 0 Å². The third-order valence-corrected chi connectivity index (χ3v) is 8.68. The molecule has 0 saturated heterocycles. The van der Waals surface area contributed by atoms with E-state index in [1.165, 1.54) is 23.5 Å². The molecule has 0 aromatic heterocycles. The topological polar surface area (TPSA) is 119 Å². The molecule has 1 aromatic carbocycles. The minimum atomic E-state index is -3.75. The van der Waals surface area contributed by atoms with Crippen molar-refractivity contribution in [2.45, 2.75) is 50.5 Å². The maximum absolute atomic E-state index is 13.0. The van der Waals surface area contributed by atoms with E-state index < -0.39 is 10.0 Å². The van der Waals surface area contributed by atoms with E-state index in [9.17, 15) is 23.1 Å². The maximum Gasteiger partial charge on any atom is 0.248 e. The fourth-order valence-electron chi connectivity index (χ4n) is 4.61. The summed E-state index contributed by atoms with van der Waals surface area (Å²) in [6, 6.07) is 3.04. The van der Waals surface area contributed by atoms with Crippen LogP contribution in [0.2, 0.25) is 0 Å². The number of phenols is 1. The van der Waals surface area contributed by atoms with Crippen molar-refractivity contribution in [2.75, 3.05) is 61.0 Å². The smallest absolute Gasteiger partial charge is 0.248 e. The Bertz CT molecular complexity index is 983. The summed E-state index contributed by atoms with van der Waals surface area (Å²) in [5.41, 5.74) is 0.948. The lowest BCUT2D eigenvalue weighted by Gasteiger charge is -2.32. The van der Waals surface area contributed by atoms with Crippen molar-refractivity contribution < 1.29 is 27.9 Å². The summed E-state index contributed by atoms with van der Waals surface area (Å²) in [5.74, 6) is 0.304. The van der Waals surface area contributed by atoms with Crippen molar-refractivity contribution in [3.63, 3.8) is 0 Å². The lowest BCUT2D eigenvalue weighted by Crippen LogP contribution is -2.43. The minimum absolute atomic E-state index is 0.0254. The molecule has 0 heterocycles. The van der Waals surface area contributed by atoms with Crippen molar-refractivity contribution in [1.29, 1.82) is 0 Å². The summed E-state index contributed by atoms with van der Waals surface area (Å²) in [6.07, 6.45) is 3.71. The Morgan fingerprint density at radius 1 is 1.06 bits per heavy atom. The van der Waals surface area contributed by atoms with Gasteiger partial charge in [0.2, 0.25) is 21.8 Å². The molecule has 204 valence electrons. The van der Waals surface area contributed by atoms with Gasteiger partial charge in [0.1, 0.15) is 12.4 Å². The van der Waals surface area contributed by atoms with E-state index in [0.717, 1.165) is 25.7 Å². The first-order valence-corrected chi connectivity index (χ1v) is 13.8. The van der Waals surface area contributed by atoms with Crippen molar-refractivity contribution >= 4 is 21.8 Å². The van der Waals surface area contributed by atoms with Crippen LogP contribution in [0.1, 0.15) is 36.8 Å². The Balaban J connectivity index is 1.72. The van der Waals surface area contributed by atoms with Crippen molar-refractivity contribution in [3.8, 4) is 5.75 Å². The van der Waals surface area contributed by atoms with Gasteiger partial charge in [-0.25, -0.2) is 8.42 Å². The molecular weight excluding hydrogens is 484 g/mol. The molecule has 0 aliphatic heterocycles. The first kappa shape index (κ1) is 30.0. The van der Waals surface area contributed by atoms with Gasteiger partial charge >= 0.3 is 0 Å². The quantitative estimate of drug-likeness (QED) is 0.395. The van der Waals surface area contributed by atoms with Crippen LogP contribution in [0, 0.1) is 19.8 Å². The Morgan fingerprint density at radius 2 is 1.64 bits per heavy atom. The maximum atomic E-state index is 13.0. The van der Waals surface area contributed by atoms with Crippen LogP contribution in [0.5, 0.6) is 5.75 Å². The van der Waals surface area contributed by atoms with Gasteiger partial charge in [-0.05, 0) is 82.8 Å². The molecule has 1 fully saturated rings. The third kappa shape index (κ3) is 8.72. The SMILES string of the molecule is Cc1cc(O)cc(C)c1S(=O)(=O)N(C)CCOCC(=O)N(C)CC1CCC(NC(=O)CN(C)C)CC1. The highest BCUT2D eigenvalue weighted by atomic mass is 32.2. The Morgan fingerprint density at radius 3 is 2.19 bits per heavy atom. The lowest BCUT2D eigenvalue weighted by atomic mass is 9.85. The van der Waals surface area contributed by atoms with Gasteiger partial charge < -0.3 is 25.0 Å². The fourth-order valence-corrected chi connectivity index (χ4v) is 6.17. The van der Waals surface area contributed by atoms with E-state index in [4.69, 9.17) is 4.74 Å². The number of ether oxygens (including phenoxy) is 1. The highest BCUT2D eigenvalue weighted by molar-refractivity contribution is 7.89. The van der Waals surface area contributed by atoms with Crippen molar-refractivity contribution in [1.82, 2.24) is 19.4 Å². The Kier molecular flexibility index (Phi) is 11.1. The monoisotopic (exact) mass is 526 g/mol. The second kappa shape index (κ2) is 13.4. The molecule has 0 spiro atoms. The van der Waals surface area contributed by atoms with E-state index in [-0.39, 0.29) is 48.3 Å². The summed E-state index contributed by atoms with van der Waals surface area (Å²) in [7, 11) is 3.21. The molecule has 2 amide bonds. The zero-order valence-corrected chi connectivity index (χ0v) is 23.2. The Labute approximate surface area is 215 Å². The molecule has 0 radical (unpaired) electrons. The summed E-state index contributed by atoms with van der Waals surface area (Å²) in [5, 5.41) is 12.8. The van der Waals surface area contributed by atoms with E-state index in [2.05, 4.69) is 5.32 Å². The number of rotatable bonds is 12. The largest absolute Gasteiger partial charge is 0.508 e. The second-order valence-corrected chi connectivity index (χ2v) is 12.1. The van der Waals surface area contributed by atoms with Gasteiger partial charge in [-0.15, -0.1) is 0 Å². The predicted molar refractivity (Wildman–Crippen MR) is 138 cm³/mol. The molecule has 2 rings (SSSR count). The van der Waals surface area contributed by atoms with Crippen LogP contribution in [0.4, 0.5) is 0 Å². The van der Waals surface area contributed by atoms with Crippen LogP contribution in [-0.4, -0.2) is 107 Å². The van der Waals surface area contributed by atoms with Gasteiger partial charge in [0.25, 0.3) is 0 Å². The van der Waals surface area contributed by atoms with E-state index in [0.29, 0.717) is 30.1 Å². The first-order chi connectivity index (χ1) is 16.8. The molecule has 0 unspecified atom stereocenters. The van der Waals surface area contributed by atoms with Gasteiger partial charge in [-0.2, -0.15) is 4.31 Å². The van der Waals surface area contributed by atoms with Gasteiger partial charge in [0.05, 0.1) is 18.0 Å². The highest BCUT2D eigenvalue weighted by Crippen LogP contribution is 2.27. The molecule has 36 heavy (non-hydrogen) atoms. The summed E-state index contributed by atoms with van der Waals surface area (Å²) in [4.78, 5) is 28.1. The molecule has 1 aliphatic carbocycles. The van der Waals surface area contributed by atoms with Crippen LogP contribution in [0.25, 0.3) is 0 Å². The fraction of sp³-hybridized carbons (Fsp3) is 0.680. The molecule has 1 aliphatic rings. The van der Waals surface area contributed by atoms with Gasteiger partial charge in [-0.1, -0.05) is 0 Å². The zero-order chi connectivity index (χ0) is 27.0. The van der Waals surface area contributed by atoms with Crippen LogP contribution >= 0.6 is 0 Å². The van der Waals surface area contributed by atoms with Crippen LogP contribution in [0.15, 0.2) is 17.0 Å². The average molecular weight is 527 g/mol. The molecule has 0 atom stereocenters. The van der Waals surface area contributed by atoms with Crippen LogP contribution < -0.4 is 5.32 Å². The van der Waals surface area contributed by atoms with Gasteiger partial charge in [-0.3, -0.25) is 9.59 Å². The number of amides is 2. The Hall–Kier alpha value is -2.21. The van der Waals surface area contributed by atoms with E-state index in [1.54, 1.807) is 25.8 Å². The highest BCUT2D eigenvalue weighted by Gasteiger charge is 2.26. The summed E-state index contributed by atoms with van der Waals surface area (Å²) in [6.45, 7) is 4.38. The normalized spacial score (nSPS) is 18.4. The number of aryl methyl sites for hydroxylation is 2. The molecule has 1 saturated carbocycles. The first-order valence-electron chi connectivity index (χ1n) is 12.3. The number of benzene rings is 1. The average Bonchev–Trinajstić information content (AvgIpc) is 2.76. The van der Waals surface area contributed by atoms with Gasteiger partial charge in [0, 0.05) is 33.2 Å². The number of sulfonamides is 1. The molecular formula is C25H42N4O6S. The number of phenolic OH excluding ortho intramolecular Hbond substituents is 1. The predicted octanol–water partition coefficient (Wildman–Crippen LogP) is 1.34. The van der Waals surface area contributed by atoms with Gasteiger partial charge in [0.15, 0.2) is 0 Å². The van der Waals surface area contributed by atoms with Crippen LogP contribution in [-0.2, 0) is 24.3 Å². The lowest BCUT2D eigenvalue weighted by molar-refractivity contribution is -0.135. The third-order valence-electron chi connectivity index (χ3n) is 6.52. The standard InChI is InChI=1S/C25H42N4O6S/c1-18-13-22(30)14-19(2)25(18)36(33,34)29(6)11-12-35-17-24(32)28(5)15-20-7-9-21(10-8-20)26-23(31)16-27(3)4/h13-14,20-21,30H,7-12,15-17H2,1-6H3,(H,26,31). The number of carbonyl (C=O) groups is 2. The van der Waals surface area contributed by atoms with E-state index in [1.807, 2.05) is 19.0 Å². The summed E-state index contributed by atoms with van der Waals surface area (Å²) < 4.78 is 32.6. The van der Waals surface area contributed by atoms with Crippen molar-refractivity contribution in [3.05, 3.63) is 23.3 Å². The van der Waals surface area contributed by atoms with Crippen LogP contribution in [0.3, 0.4) is 0 Å². The number of likely N-dealkylation sites (N-methyl/N-ethyl adjacent to an activating group) is 3. The second-order valence-electron chi connectivity index (χ2n) is 10.1. The molecule has 0 bridgehead atoms. The number of carbonyl (C=O) groups excluding carboxylic acids is 2. The number of hydrogen-bond donors (Lipinski definition) is 2. The molecule has 11 heteroatoms. The number of nitrogens with zero attached hydrogens (tertiary/aromatic N) is 3. The number of nitrogens with one attached hydrogen (secondary N) is 1. The summed E-state index contributed by atoms with van der Waals surface area (Å²) >= 11 is 0. The zero-order valence-electron chi connectivity index (χ0n) is 22.4. The number of aromatic hydroxyl groups is 1.